The Balaban J connectivity index is 1.44. The lowest BCUT2D eigenvalue weighted by Gasteiger charge is -2.31. The molecule has 6 rings (SSSR count). The zero-order valence-corrected chi connectivity index (χ0v) is 19.3. The summed E-state index contributed by atoms with van der Waals surface area (Å²) in [5.41, 5.74) is 5.04. The fraction of sp³-hybridized carbons (Fsp3) is 0.250. The topological polar surface area (TPSA) is 34.5 Å². The van der Waals surface area contributed by atoms with Crippen molar-refractivity contribution in [3.63, 3.8) is 0 Å². The second-order valence-corrected chi connectivity index (χ2v) is 9.82. The molecule has 1 aliphatic heterocycles. The van der Waals surface area contributed by atoms with Crippen molar-refractivity contribution in [2.45, 2.75) is 38.3 Å². The monoisotopic (exact) mass is 454 g/mol. The fourth-order valence-corrected chi connectivity index (χ4v) is 6.56. The number of para-hydroxylation sites is 1. The fourth-order valence-electron chi connectivity index (χ4n) is 5.16. The number of aryl methyl sites for hydroxylation is 1. The van der Waals surface area contributed by atoms with E-state index in [9.17, 15) is 4.79 Å². The van der Waals surface area contributed by atoms with E-state index in [-0.39, 0.29) is 18.6 Å². The number of thiophene rings is 1. The smallest absolute Gasteiger partial charge is 0.261 e. The van der Waals surface area contributed by atoms with Crippen molar-refractivity contribution < 1.29 is 9.53 Å². The van der Waals surface area contributed by atoms with E-state index in [0.29, 0.717) is 12.3 Å². The molecule has 4 aromatic rings. The molecule has 0 saturated heterocycles. The molecule has 0 bridgehead atoms. The van der Waals surface area contributed by atoms with Gasteiger partial charge in [0.1, 0.15) is 10.8 Å². The first-order chi connectivity index (χ1) is 16.3. The molecule has 166 valence electrons. The maximum Gasteiger partial charge on any atom is 0.261 e. The third-order valence-corrected chi connectivity index (χ3v) is 8.05. The van der Waals surface area contributed by atoms with E-state index in [2.05, 4.69) is 35.0 Å². The molecule has 1 amide bonds. The van der Waals surface area contributed by atoms with Gasteiger partial charge in [0.25, 0.3) is 5.91 Å². The predicted molar refractivity (Wildman–Crippen MR) is 131 cm³/mol. The molecule has 1 aliphatic carbocycles. The number of fused-ring (bicyclic) bond motifs is 5. The van der Waals surface area contributed by atoms with Crippen LogP contribution in [0.4, 0.5) is 0 Å². The van der Waals surface area contributed by atoms with E-state index in [0.717, 1.165) is 24.1 Å². The summed E-state index contributed by atoms with van der Waals surface area (Å²) in [5.74, 6) is 0.720. The predicted octanol–water partition coefficient (Wildman–Crippen LogP) is 5.93. The highest BCUT2D eigenvalue weighted by Gasteiger charge is 2.35. The van der Waals surface area contributed by atoms with Crippen LogP contribution in [-0.2, 0) is 24.2 Å². The maximum atomic E-state index is 13.7. The number of amides is 1. The molecule has 33 heavy (non-hydrogen) atoms. The zero-order chi connectivity index (χ0) is 22.2. The number of carbonyl (C=O) groups is 1. The summed E-state index contributed by atoms with van der Waals surface area (Å²) in [5, 5.41) is 1.28. The van der Waals surface area contributed by atoms with Gasteiger partial charge in [0, 0.05) is 16.6 Å². The van der Waals surface area contributed by atoms with Crippen molar-refractivity contribution in [2.75, 3.05) is 6.61 Å². The molecule has 2 aromatic carbocycles. The molecule has 0 fully saturated rings. The molecule has 3 heterocycles. The number of ether oxygens (including phenoxy) is 1. The first-order valence-corrected chi connectivity index (χ1v) is 12.4. The summed E-state index contributed by atoms with van der Waals surface area (Å²) in [6, 6.07) is 24.0. The van der Waals surface area contributed by atoms with E-state index in [4.69, 9.17) is 4.74 Å². The van der Waals surface area contributed by atoms with Crippen LogP contribution in [0.5, 0.6) is 5.75 Å². The second kappa shape index (κ2) is 8.56. The average Bonchev–Trinajstić information content (AvgIpc) is 3.45. The van der Waals surface area contributed by atoms with Gasteiger partial charge in [0.15, 0.2) is 6.61 Å². The van der Waals surface area contributed by atoms with Crippen LogP contribution < -0.4 is 4.74 Å². The van der Waals surface area contributed by atoms with Gasteiger partial charge in [-0.3, -0.25) is 4.79 Å². The van der Waals surface area contributed by atoms with E-state index >= 15 is 0 Å². The van der Waals surface area contributed by atoms with Gasteiger partial charge in [-0.15, -0.1) is 11.3 Å². The standard InChI is InChI=1S/C28H26N2O2S/c31-26(19-32-21-12-5-2-6-13-21)30-18-23-22-14-7-8-16-25(22)33-28(23)29-17-9-15-24(29)27(30)20-10-3-1-4-11-20/h1-6,9-13,15,17,27H,7-8,14,16,18-19H2/t27-/m1/s1. The first-order valence-electron chi connectivity index (χ1n) is 11.6. The van der Waals surface area contributed by atoms with E-state index < -0.39 is 0 Å². The lowest BCUT2D eigenvalue weighted by Crippen LogP contribution is -2.38. The number of benzene rings is 2. The van der Waals surface area contributed by atoms with Crippen LogP contribution in [-0.4, -0.2) is 22.0 Å². The zero-order valence-electron chi connectivity index (χ0n) is 18.4. The van der Waals surface area contributed by atoms with Gasteiger partial charge in [0.2, 0.25) is 0 Å². The molecular weight excluding hydrogens is 428 g/mol. The van der Waals surface area contributed by atoms with E-state index in [1.54, 1.807) is 0 Å². The second-order valence-electron chi connectivity index (χ2n) is 8.73. The quantitative estimate of drug-likeness (QED) is 0.383. The van der Waals surface area contributed by atoms with Gasteiger partial charge in [0.05, 0.1) is 18.3 Å². The number of nitrogens with zero attached hydrogens (tertiary/aromatic N) is 2. The number of hydrogen-bond donors (Lipinski definition) is 0. The van der Waals surface area contributed by atoms with Crippen molar-refractivity contribution in [2.24, 2.45) is 0 Å². The maximum absolute atomic E-state index is 13.7. The SMILES string of the molecule is O=C(COc1ccccc1)N1Cc2c(sc3c2CCCC3)-n2cccc2[C@H]1c1ccccc1. The Labute approximate surface area is 198 Å². The largest absolute Gasteiger partial charge is 0.484 e. The van der Waals surface area contributed by atoms with Crippen molar-refractivity contribution >= 4 is 17.2 Å². The number of rotatable bonds is 4. The van der Waals surface area contributed by atoms with Crippen molar-refractivity contribution in [1.82, 2.24) is 9.47 Å². The lowest BCUT2D eigenvalue weighted by molar-refractivity contribution is -0.135. The number of hydrogen-bond acceptors (Lipinski definition) is 3. The summed E-state index contributed by atoms with van der Waals surface area (Å²) >= 11 is 1.91. The summed E-state index contributed by atoms with van der Waals surface area (Å²) < 4.78 is 8.22. The van der Waals surface area contributed by atoms with Crippen molar-refractivity contribution in [3.8, 4) is 10.8 Å². The Morgan fingerprint density at radius 1 is 0.909 bits per heavy atom. The average molecular weight is 455 g/mol. The van der Waals surface area contributed by atoms with Crippen molar-refractivity contribution in [3.05, 3.63) is 106 Å². The normalized spacial score (nSPS) is 17.0. The Hall–Kier alpha value is -3.31. The molecule has 0 unspecified atom stereocenters. The highest BCUT2D eigenvalue weighted by atomic mass is 32.1. The van der Waals surface area contributed by atoms with E-state index in [1.165, 1.54) is 33.8 Å². The third-order valence-electron chi connectivity index (χ3n) is 6.72. The molecule has 2 aliphatic rings. The minimum absolute atomic E-state index is 0.00376. The van der Waals surface area contributed by atoms with Gasteiger partial charge in [-0.1, -0.05) is 48.5 Å². The molecule has 0 N–H and O–H groups in total. The third kappa shape index (κ3) is 3.66. The molecular formula is C28H26N2O2S. The minimum atomic E-state index is -0.160. The van der Waals surface area contributed by atoms with Gasteiger partial charge in [-0.25, -0.2) is 0 Å². The highest BCUT2D eigenvalue weighted by molar-refractivity contribution is 7.15. The van der Waals surface area contributed by atoms with Crippen LogP contribution in [0, 0.1) is 0 Å². The van der Waals surface area contributed by atoms with Crippen LogP contribution in [0.3, 0.4) is 0 Å². The molecule has 0 saturated carbocycles. The van der Waals surface area contributed by atoms with Crippen LogP contribution in [0.2, 0.25) is 0 Å². The Bertz CT molecular complexity index is 1280. The van der Waals surface area contributed by atoms with Gasteiger partial charge >= 0.3 is 0 Å². The van der Waals surface area contributed by atoms with Crippen molar-refractivity contribution in [1.29, 1.82) is 0 Å². The Morgan fingerprint density at radius 3 is 2.48 bits per heavy atom. The van der Waals surface area contributed by atoms with Gasteiger partial charge in [-0.2, -0.15) is 0 Å². The molecule has 2 aromatic heterocycles. The molecule has 5 heteroatoms. The Morgan fingerprint density at radius 2 is 1.67 bits per heavy atom. The summed E-state index contributed by atoms with van der Waals surface area (Å²) in [7, 11) is 0. The summed E-state index contributed by atoms with van der Waals surface area (Å²) in [6.07, 6.45) is 6.89. The van der Waals surface area contributed by atoms with Crippen LogP contribution in [0.15, 0.2) is 79.0 Å². The molecule has 1 atom stereocenters. The molecule has 4 nitrogen and oxygen atoms in total. The molecule has 0 radical (unpaired) electrons. The summed E-state index contributed by atoms with van der Waals surface area (Å²) in [6.45, 7) is 0.634. The van der Waals surface area contributed by atoms with Gasteiger partial charge < -0.3 is 14.2 Å². The highest BCUT2D eigenvalue weighted by Crippen LogP contribution is 2.43. The van der Waals surface area contributed by atoms with Crippen LogP contribution in [0.1, 0.15) is 46.1 Å². The lowest BCUT2D eigenvalue weighted by atomic mass is 9.95. The first kappa shape index (κ1) is 20.3. The number of aromatic nitrogens is 1. The van der Waals surface area contributed by atoms with Gasteiger partial charge in [-0.05, 0) is 61.1 Å². The van der Waals surface area contributed by atoms with Crippen LogP contribution in [0.25, 0.3) is 5.00 Å². The van der Waals surface area contributed by atoms with E-state index in [1.807, 2.05) is 64.8 Å². The number of carbonyl (C=O) groups excluding carboxylic acids is 1. The minimum Gasteiger partial charge on any atom is -0.484 e. The molecule has 0 spiro atoms. The Kier molecular flexibility index (Phi) is 5.27. The van der Waals surface area contributed by atoms with Crippen LogP contribution >= 0.6 is 11.3 Å². The summed E-state index contributed by atoms with van der Waals surface area (Å²) in [4.78, 5) is 17.3.